The van der Waals surface area contributed by atoms with E-state index in [0.29, 0.717) is 5.89 Å². The molecule has 0 aliphatic rings. The van der Waals surface area contributed by atoms with Crippen molar-refractivity contribution >= 4 is 30.7 Å². The molecule has 6 nitrogen and oxygen atoms in total. The van der Waals surface area contributed by atoms with Crippen LogP contribution in [0.4, 0.5) is 0 Å². The van der Waals surface area contributed by atoms with Gasteiger partial charge >= 0.3 is 0 Å². The number of nitrogens with zero attached hydrogens (tertiary/aromatic N) is 2. The van der Waals surface area contributed by atoms with E-state index < -0.39 is 0 Å². The molecule has 24 heavy (non-hydrogen) atoms. The Balaban J connectivity index is 0.00000264. The molecule has 0 aliphatic heterocycles. The molecule has 134 valence electrons. The third-order valence-corrected chi connectivity index (χ3v) is 3.17. The van der Waals surface area contributed by atoms with E-state index in [1.807, 2.05) is 12.1 Å². The highest BCUT2D eigenvalue weighted by Gasteiger charge is 2.23. The summed E-state index contributed by atoms with van der Waals surface area (Å²) in [6.45, 7) is 6.56. The van der Waals surface area contributed by atoms with Crippen molar-refractivity contribution in [2.45, 2.75) is 39.8 Å². The van der Waals surface area contributed by atoms with Gasteiger partial charge < -0.3 is 15.5 Å². The molecule has 2 heterocycles. The number of amides is 1. The number of aromatic nitrogens is 2. The highest BCUT2D eigenvalue weighted by atomic mass is 35.5. The SMILES string of the molecule is CC(C)(C)CC(NC(=O)c1coc(CN)n1)c1cccnc1.Cl.Cl. The fourth-order valence-corrected chi connectivity index (χ4v) is 2.19. The molecule has 0 aliphatic carbocycles. The summed E-state index contributed by atoms with van der Waals surface area (Å²) in [6, 6.07) is 3.68. The molecule has 1 atom stereocenters. The predicted molar refractivity (Wildman–Crippen MR) is 97.4 cm³/mol. The Bertz CT molecular complexity index is 627. The van der Waals surface area contributed by atoms with E-state index in [1.54, 1.807) is 12.4 Å². The van der Waals surface area contributed by atoms with Crippen LogP contribution in [-0.4, -0.2) is 15.9 Å². The molecular weight excluding hydrogens is 351 g/mol. The maximum absolute atomic E-state index is 12.3. The fourth-order valence-electron chi connectivity index (χ4n) is 2.19. The Kier molecular flexibility index (Phi) is 8.96. The van der Waals surface area contributed by atoms with Gasteiger partial charge in [0.05, 0.1) is 12.6 Å². The Morgan fingerprint density at radius 3 is 2.58 bits per heavy atom. The lowest BCUT2D eigenvalue weighted by Crippen LogP contribution is -2.31. The zero-order valence-corrected chi connectivity index (χ0v) is 15.6. The van der Waals surface area contributed by atoms with E-state index in [1.165, 1.54) is 6.26 Å². The molecule has 0 bridgehead atoms. The van der Waals surface area contributed by atoms with Gasteiger partial charge in [0.2, 0.25) is 5.89 Å². The monoisotopic (exact) mass is 374 g/mol. The van der Waals surface area contributed by atoms with Crippen LogP contribution < -0.4 is 11.1 Å². The fraction of sp³-hybridized carbons (Fsp3) is 0.438. The molecule has 0 saturated carbocycles. The molecule has 1 amide bonds. The van der Waals surface area contributed by atoms with Gasteiger partial charge in [-0.1, -0.05) is 26.8 Å². The van der Waals surface area contributed by atoms with Crippen LogP contribution in [0.3, 0.4) is 0 Å². The topological polar surface area (TPSA) is 94.0 Å². The molecule has 0 fully saturated rings. The zero-order chi connectivity index (χ0) is 16.2. The second-order valence-electron chi connectivity index (χ2n) is 6.41. The van der Waals surface area contributed by atoms with Crippen molar-refractivity contribution in [2.24, 2.45) is 11.1 Å². The van der Waals surface area contributed by atoms with E-state index in [-0.39, 0.29) is 54.4 Å². The normalized spacial score (nSPS) is 11.8. The standard InChI is InChI=1S/C16H22N4O2.2ClH/c1-16(2,3)7-12(11-5-4-6-18-9-11)20-15(21)13-10-22-14(8-17)19-13;;/h4-6,9-10,12H,7-8,17H2,1-3H3,(H,20,21);2*1H. The smallest absolute Gasteiger partial charge is 0.273 e. The van der Waals surface area contributed by atoms with Gasteiger partial charge in [-0.2, -0.15) is 0 Å². The van der Waals surface area contributed by atoms with Crippen LogP contribution in [0.5, 0.6) is 0 Å². The molecule has 2 aromatic rings. The van der Waals surface area contributed by atoms with Crippen LogP contribution in [-0.2, 0) is 6.54 Å². The lowest BCUT2D eigenvalue weighted by Gasteiger charge is -2.26. The summed E-state index contributed by atoms with van der Waals surface area (Å²) < 4.78 is 5.11. The van der Waals surface area contributed by atoms with Gasteiger partial charge in [-0.3, -0.25) is 9.78 Å². The van der Waals surface area contributed by atoms with Gasteiger partial charge in [-0.05, 0) is 23.5 Å². The number of nitrogens with one attached hydrogen (secondary N) is 1. The van der Waals surface area contributed by atoms with E-state index in [2.05, 4.69) is 36.1 Å². The highest BCUT2D eigenvalue weighted by Crippen LogP contribution is 2.29. The highest BCUT2D eigenvalue weighted by molar-refractivity contribution is 5.92. The van der Waals surface area contributed by atoms with Crippen molar-refractivity contribution < 1.29 is 9.21 Å². The molecule has 2 rings (SSSR count). The molecule has 0 aromatic carbocycles. The Morgan fingerprint density at radius 1 is 1.38 bits per heavy atom. The van der Waals surface area contributed by atoms with Crippen molar-refractivity contribution in [1.82, 2.24) is 15.3 Å². The second kappa shape index (κ2) is 9.61. The summed E-state index contributed by atoms with van der Waals surface area (Å²) in [7, 11) is 0. The first-order chi connectivity index (χ1) is 10.4. The number of pyridine rings is 1. The minimum absolute atomic E-state index is 0. The molecule has 0 radical (unpaired) electrons. The van der Waals surface area contributed by atoms with Crippen molar-refractivity contribution in [3.8, 4) is 0 Å². The third kappa shape index (κ3) is 6.47. The zero-order valence-electron chi connectivity index (χ0n) is 14.0. The van der Waals surface area contributed by atoms with Crippen molar-refractivity contribution in [2.75, 3.05) is 0 Å². The lowest BCUT2D eigenvalue weighted by atomic mass is 9.86. The minimum Gasteiger partial charge on any atom is -0.447 e. The second-order valence-corrected chi connectivity index (χ2v) is 6.41. The summed E-state index contributed by atoms with van der Waals surface area (Å²) in [5.41, 5.74) is 6.70. The summed E-state index contributed by atoms with van der Waals surface area (Å²) in [6.07, 6.45) is 5.59. The first kappa shape index (κ1) is 22.4. The largest absolute Gasteiger partial charge is 0.447 e. The maximum Gasteiger partial charge on any atom is 0.273 e. The van der Waals surface area contributed by atoms with Crippen LogP contribution in [0, 0.1) is 5.41 Å². The molecular formula is C16H24Cl2N4O2. The average Bonchev–Trinajstić information content (AvgIpc) is 2.95. The number of nitrogens with two attached hydrogens (primary N) is 1. The van der Waals surface area contributed by atoms with Crippen LogP contribution >= 0.6 is 24.8 Å². The van der Waals surface area contributed by atoms with Crippen LogP contribution in [0.2, 0.25) is 0 Å². The van der Waals surface area contributed by atoms with Crippen LogP contribution in [0.25, 0.3) is 0 Å². The summed E-state index contributed by atoms with van der Waals surface area (Å²) in [4.78, 5) is 20.5. The van der Waals surface area contributed by atoms with Crippen LogP contribution in [0.15, 0.2) is 35.2 Å². The summed E-state index contributed by atoms with van der Waals surface area (Å²) >= 11 is 0. The van der Waals surface area contributed by atoms with Crippen molar-refractivity contribution in [1.29, 1.82) is 0 Å². The summed E-state index contributed by atoms with van der Waals surface area (Å²) in [5, 5.41) is 3.00. The number of rotatable bonds is 5. The number of carbonyl (C=O) groups is 1. The van der Waals surface area contributed by atoms with E-state index in [9.17, 15) is 4.79 Å². The van der Waals surface area contributed by atoms with E-state index in [0.717, 1.165) is 12.0 Å². The number of halogens is 2. The molecule has 1 unspecified atom stereocenters. The molecule has 0 spiro atoms. The number of carbonyl (C=O) groups excluding carboxylic acids is 1. The molecule has 2 aromatic heterocycles. The average molecular weight is 375 g/mol. The van der Waals surface area contributed by atoms with Gasteiger partial charge in [-0.25, -0.2) is 4.98 Å². The van der Waals surface area contributed by atoms with E-state index in [4.69, 9.17) is 10.2 Å². The maximum atomic E-state index is 12.3. The minimum atomic E-state index is -0.276. The quantitative estimate of drug-likeness (QED) is 0.837. The third-order valence-electron chi connectivity index (χ3n) is 3.17. The van der Waals surface area contributed by atoms with E-state index >= 15 is 0 Å². The van der Waals surface area contributed by atoms with Gasteiger partial charge in [0.25, 0.3) is 5.91 Å². The predicted octanol–water partition coefficient (Wildman–Crippen LogP) is 3.28. The van der Waals surface area contributed by atoms with Gasteiger partial charge in [-0.15, -0.1) is 24.8 Å². The first-order valence-corrected chi connectivity index (χ1v) is 7.24. The Labute approximate surface area is 154 Å². The van der Waals surface area contributed by atoms with Crippen molar-refractivity contribution in [3.05, 3.63) is 47.9 Å². The number of hydrogen-bond acceptors (Lipinski definition) is 5. The van der Waals surface area contributed by atoms with Gasteiger partial charge in [0, 0.05) is 12.4 Å². The van der Waals surface area contributed by atoms with Gasteiger partial charge in [0.1, 0.15) is 6.26 Å². The van der Waals surface area contributed by atoms with Crippen molar-refractivity contribution in [3.63, 3.8) is 0 Å². The summed E-state index contributed by atoms with van der Waals surface area (Å²) in [5.74, 6) is 0.0699. The molecule has 0 saturated heterocycles. The molecule has 3 N–H and O–H groups in total. The Morgan fingerprint density at radius 2 is 2.08 bits per heavy atom. The first-order valence-electron chi connectivity index (χ1n) is 7.24. The van der Waals surface area contributed by atoms with Gasteiger partial charge in [0.15, 0.2) is 5.69 Å². The lowest BCUT2D eigenvalue weighted by molar-refractivity contribution is 0.0921. The number of hydrogen-bond donors (Lipinski definition) is 2. The Hall–Kier alpha value is -1.63. The van der Waals surface area contributed by atoms with Crippen LogP contribution in [0.1, 0.15) is 55.2 Å². The number of oxazole rings is 1. The molecule has 8 heteroatoms.